The number of nitrogens with one attached hydrogen (secondary N) is 1. The molecule has 198 valence electrons. The Hall–Kier alpha value is -2.42. The van der Waals surface area contributed by atoms with Crippen LogP contribution in [0.2, 0.25) is 16.6 Å². The molecule has 1 saturated heterocycles. The Labute approximate surface area is 215 Å². The van der Waals surface area contributed by atoms with Crippen LogP contribution in [0.25, 0.3) is 0 Å². The maximum Gasteiger partial charge on any atom is 0.258 e. The van der Waals surface area contributed by atoms with Crippen molar-refractivity contribution >= 4 is 14.0 Å². The van der Waals surface area contributed by atoms with E-state index in [1.165, 1.54) is 19.2 Å². The fourth-order valence-corrected chi connectivity index (χ4v) is 10.9. The number of hydrogen-bond acceptors (Lipinski definition) is 6. The van der Waals surface area contributed by atoms with Crippen LogP contribution in [0.4, 0.5) is 4.39 Å². The number of ether oxygens (including phenoxy) is 3. The largest absolute Gasteiger partial charge is 0.542 e. The molecule has 1 aliphatic rings. The molecule has 2 aromatic rings. The van der Waals surface area contributed by atoms with Crippen LogP contribution >= 0.6 is 0 Å². The number of hydrogen-bond donors (Lipinski definition) is 2. The van der Waals surface area contributed by atoms with E-state index < -0.39 is 20.4 Å². The van der Waals surface area contributed by atoms with Crippen molar-refractivity contribution in [1.82, 2.24) is 0 Å². The van der Waals surface area contributed by atoms with E-state index in [2.05, 4.69) is 41.5 Å². The smallest absolute Gasteiger partial charge is 0.258 e. The van der Waals surface area contributed by atoms with Crippen LogP contribution in [0, 0.1) is 25.1 Å². The van der Waals surface area contributed by atoms with Gasteiger partial charge in [0.25, 0.3) is 8.32 Å². The lowest BCUT2D eigenvalue weighted by Gasteiger charge is -2.43. The van der Waals surface area contributed by atoms with Gasteiger partial charge in [-0.1, -0.05) is 41.5 Å². The summed E-state index contributed by atoms with van der Waals surface area (Å²) < 4.78 is 39.3. The van der Waals surface area contributed by atoms with Gasteiger partial charge in [0.1, 0.15) is 23.1 Å². The van der Waals surface area contributed by atoms with E-state index in [1.807, 2.05) is 13.0 Å². The van der Waals surface area contributed by atoms with E-state index in [0.717, 1.165) is 5.56 Å². The molecule has 0 amide bonds. The lowest BCUT2D eigenvalue weighted by molar-refractivity contribution is -0.0458. The molecule has 0 aliphatic carbocycles. The highest BCUT2D eigenvalue weighted by atomic mass is 28.4. The summed E-state index contributed by atoms with van der Waals surface area (Å²) in [6, 6.07) is 4.63. The van der Waals surface area contributed by atoms with Gasteiger partial charge in [0.05, 0.1) is 37.2 Å². The first-order valence-electron chi connectivity index (χ1n) is 12.6. The van der Waals surface area contributed by atoms with Crippen molar-refractivity contribution in [3.8, 4) is 17.2 Å². The van der Waals surface area contributed by atoms with Gasteiger partial charge in [-0.2, -0.15) is 0 Å². The normalized spacial score (nSPS) is 14.8. The number of halogens is 1. The van der Waals surface area contributed by atoms with Crippen LogP contribution in [0.15, 0.2) is 18.2 Å². The molecule has 2 N–H and O–H groups in total. The zero-order chi connectivity index (χ0) is 26.9. The SMILES string of the molecule is COc1ccc(F)c(C(=N)c2c(O[Si](C(C)C)(C(C)C)C(C)C)cc(C)c(C)c2O)c1C1OCCO1. The van der Waals surface area contributed by atoms with Crippen molar-refractivity contribution in [3.05, 3.63) is 51.8 Å². The fraction of sp³-hybridized carbons (Fsp3) is 0.536. The number of rotatable bonds is 9. The summed E-state index contributed by atoms with van der Waals surface area (Å²) in [6.45, 7) is 17.4. The Bertz CT molecular complexity index is 1100. The van der Waals surface area contributed by atoms with Crippen LogP contribution in [-0.4, -0.2) is 39.5 Å². The Morgan fingerprint density at radius 2 is 1.56 bits per heavy atom. The van der Waals surface area contributed by atoms with Crippen molar-refractivity contribution in [1.29, 1.82) is 5.41 Å². The number of phenolic OH excluding ortho intramolecular Hbond substituents is 1. The molecule has 1 fully saturated rings. The minimum Gasteiger partial charge on any atom is -0.542 e. The predicted octanol–water partition coefficient (Wildman–Crippen LogP) is 7.17. The molecule has 0 aromatic heterocycles. The first-order valence-corrected chi connectivity index (χ1v) is 14.7. The van der Waals surface area contributed by atoms with Crippen LogP contribution in [-0.2, 0) is 9.47 Å². The zero-order valence-electron chi connectivity index (χ0n) is 22.9. The average molecular weight is 518 g/mol. The van der Waals surface area contributed by atoms with E-state index >= 15 is 4.39 Å². The first kappa shape index (κ1) is 28.2. The van der Waals surface area contributed by atoms with Gasteiger partial charge in [0.2, 0.25) is 0 Å². The van der Waals surface area contributed by atoms with E-state index in [0.29, 0.717) is 35.8 Å². The van der Waals surface area contributed by atoms with Gasteiger partial charge in [0.15, 0.2) is 6.29 Å². The number of methoxy groups -OCH3 is 1. The highest BCUT2D eigenvalue weighted by molar-refractivity contribution is 6.78. The summed E-state index contributed by atoms with van der Waals surface area (Å²) in [5.41, 5.74) is 2.50. The lowest BCUT2D eigenvalue weighted by Crippen LogP contribution is -2.51. The summed E-state index contributed by atoms with van der Waals surface area (Å²) in [6.07, 6.45) is -0.875. The summed E-state index contributed by atoms with van der Waals surface area (Å²) in [4.78, 5) is 0. The third-order valence-electron chi connectivity index (χ3n) is 7.50. The summed E-state index contributed by atoms with van der Waals surface area (Å²) >= 11 is 0. The van der Waals surface area contributed by atoms with Crippen LogP contribution in [0.1, 0.15) is 75.6 Å². The highest BCUT2D eigenvalue weighted by Gasteiger charge is 2.48. The molecular weight excluding hydrogens is 477 g/mol. The lowest BCUT2D eigenvalue weighted by atomic mass is 9.92. The molecule has 3 rings (SSSR count). The number of benzene rings is 2. The van der Waals surface area contributed by atoms with Gasteiger partial charge in [-0.3, -0.25) is 5.41 Å². The molecule has 2 aromatic carbocycles. The third kappa shape index (κ3) is 4.78. The minimum atomic E-state index is -2.46. The molecule has 1 aliphatic heterocycles. The second kappa shape index (κ2) is 10.9. The molecule has 36 heavy (non-hydrogen) atoms. The van der Waals surface area contributed by atoms with E-state index in [1.54, 1.807) is 6.92 Å². The molecule has 0 bridgehead atoms. The second-order valence-corrected chi connectivity index (χ2v) is 15.8. The van der Waals surface area contributed by atoms with Crippen LogP contribution < -0.4 is 9.16 Å². The van der Waals surface area contributed by atoms with Crippen LogP contribution in [0.5, 0.6) is 17.2 Å². The van der Waals surface area contributed by atoms with Gasteiger partial charge in [-0.15, -0.1) is 0 Å². The zero-order valence-corrected chi connectivity index (χ0v) is 23.9. The van der Waals surface area contributed by atoms with Crippen molar-refractivity contribution in [2.24, 2.45) is 0 Å². The maximum atomic E-state index is 15.5. The van der Waals surface area contributed by atoms with Gasteiger partial charge >= 0.3 is 0 Å². The first-order chi connectivity index (χ1) is 16.9. The number of aromatic hydroxyl groups is 1. The second-order valence-electron chi connectivity index (χ2n) is 10.4. The highest BCUT2D eigenvalue weighted by Crippen LogP contribution is 2.46. The Morgan fingerprint density at radius 1 is 1.00 bits per heavy atom. The van der Waals surface area contributed by atoms with Gasteiger partial charge in [-0.25, -0.2) is 4.39 Å². The number of aryl methyl sites for hydroxylation is 1. The molecule has 1 heterocycles. The van der Waals surface area contributed by atoms with E-state index in [9.17, 15) is 10.5 Å². The van der Waals surface area contributed by atoms with Gasteiger partial charge < -0.3 is 23.7 Å². The third-order valence-corrected chi connectivity index (χ3v) is 13.5. The van der Waals surface area contributed by atoms with Crippen molar-refractivity contribution in [2.75, 3.05) is 20.3 Å². The van der Waals surface area contributed by atoms with Crippen LogP contribution in [0.3, 0.4) is 0 Å². The summed E-state index contributed by atoms with van der Waals surface area (Å²) in [5, 5.41) is 20.6. The van der Waals surface area contributed by atoms with E-state index in [4.69, 9.17) is 18.6 Å². The van der Waals surface area contributed by atoms with Crippen molar-refractivity contribution in [2.45, 2.75) is 78.3 Å². The monoisotopic (exact) mass is 517 g/mol. The molecule has 6 nitrogen and oxygen atoms in total. The topological polar surface area (TPSA) is 81.0 Å². The van der Waals surface area contributed by atoms with Gasteiger partial charge in [0, 0.05) is 5.56 Å². The Kier molecular flexibility index (Phi) is 8.53. The fourth-order valence-electron chi connectivity index (χ4n) is 5.62. The molecule has 8 heteroatoms. The average Bonchev–Trinajstić information content (AvgIpc) is 3.34. The standard InChI is InChI=1S/C28H40FNO5Si/c1-15(2)36(16(3)4,17(5)6)35-22-14-18(7)19(8)27(31)25(22)26(30)23-20(29)10-11-21(32-9)24(23)28-33-12-13-34-28/h10-11,14-17,28,30-31H,12-13H2,1-9H3. The van der Waals surface area contributed by atoms with Crippen molar-refractivity contribution in [3.63, 3.8) is 0 Å². The van der Waals surface area contributed by atoms with Crippen molar-refractivity contribution < 1.29 is 28.1 Å². The summed E-state index contributed by atoms with van der Waals surface area (Å²) in [7, 11) is -0.975. The van der Waals surface area contributed by atoms with Gasteiger partial charge in [-0.05, 0) is 59.8 Å². The molecule has 0 unspecified atom stereocenters. The quantitative estimate of drug-likeness (QED) is 0.272. The Morgan fingerprint density at radius 3 is 2.06 bits per heavy atom. The number of phenols is 1. The Balaban J connectivity index is 2.31. The maximum absolute atomic E-state index is 15.5. The molecule has 0 saturated carbocycles. The summed E-state index contributed by atoms with van der Waals surface area (Å²) in [5.74, 6) is 0.0445. The molecule has 0 spiro atoms. The van der Waals surface area contributed by atoms with E-state index in [-0.39, 0.29) is 39.2 Å². The minimum absolute atomic E-state index is 0.0319. The predicted molar refractivity (Wildman–Crippen MR) is 143 cm³/mol. The molecule has 0 radical (unpaired) electrons. The molecule has 0 atom stereocenters. The molecular formula is C28H40FNO5Si.